The summed E-state index contributed by atoms with van der Waals surface area (Å²) in [5, 5.41) is 0. The number of halogens is 2. The first-order valence-electron chi connectivity index (χ1n) is 8.37. The number of rotatable bonds is 4. The van der Waals surface area contributed by atoms with Gasteiger partial charge in [0.15, 0.2) is 0 Å². The third-order valence-electron chi connectivity index (χ3n) is 4.71. The summed E-state index contributed by atoms with van der Waals surface area (Å²) in [6, 6.07) is 6.45. The number of carbonyl (C=O) groups is 3. The van der Waals surface area contributed by atoms with Crippen LogP contribution in [0.15, 0.2) is 24.3 Å². The first kappa shape index (κ1) is 18.6. The maximum atomic E-state index is 12.7. The third-order valence-corrected chi connectivity index (χ3v) is 7.44. The van der Waals surface area contributed by atoms with Gasteiger partial charge in [-0.1, -0.05) is 38.8 Å². The number of amides is 2. The predicted octanol–water partition coefficient (Wildman–Crippen LogP) is 3.68. The van der Waals surface area contributed by atoms with Crippen LogP contribution in [0.4, 0.5) is 5.69 Å². The molecule has 1 aliphatic carbocycles. The van der Waals surface area contributed by atoms with Crippen molar-refractivity contribution in [1.82, 2.24) is 0 Å². The van der Waals surface area contributed by atoms with Gasteiger partial charge in [0, 0.05) is 9.65 Å². The summed E-state index contributed by atoms with van der Waals surface area (Å²) in [6.07, 6.45) is 2.04. The molecule has 1 saturated carbocycles. The van der Waals surface area contributed by atoms with E-state index in [4.69, 9.17) is 4.74 Å². The van der Waals surface area contributed by atoms with Gasteiger partial charge in [-0.25, -0.2) is 4.79 Å². The highest BCUT2D eigenvalue weighted by molar-refractivity contribution is 9.12. The van der Waals surface area contributed by atoms with E-state index in [-0.39, 0.29) is 33.3 Å². The minimum Gasteiger partial charge on any atom is -0.462 e. The van der Waals surface area contributed by atoms with E-state index in [1.807, 2.05) is 6.92 Å². The minimum absolute atomic E-state index is 0.153. The van der Waals surface area contributed by atoms with Crippen LogP contribution in [-0.4, -0.2) is 34.0 Å². The second kappa shape index (κ2) is 7.58. The van der Waals surface area contributed by atoms with Crippen molar-refractivity contribution in [1.29, 1.82) is 0 Å². The van der Waals surface area contributed by atoms with E-state index < -0.39 is 5.97 Å². The highest BCUT2D eigenvalue weighted by atomic mass is 79.9. The van der Waals surface area contributed by atoms with Crippen molar-refractivity contribution < 1.29 is 19.1 Å². The summed E-state index contributed by atoms with van der Waals surface area (Å²) in [6.45, 7) is 2.30. The summed E-state index contributed by atoms with van der Waals surface area (Å²) in [5.41, 5.74) is 0.920. The molecule has 0 unspecified atom stereocenters. The first-order valence-corrected chi connectivity index (χ1v) is 10.2. The number of alkyl halides is 2. The van der Waals surface area contributed by atoms with Crippen LogP contribution in [0.5, 0.6) is 0 Å². The zero-order valence-electron chi connectivity index (χ0n) is 13.8. The van der Waals surface area contributed by atoms with Gasteiger partial charge in [0.05, 0.1) is 29.7 Å². The van der Waals surface area contributed by atoms with Crippen LogP contribution in [0.25, 0.3) is 0 Å². The minimum atomic E-state index is -0.398. The van der Waals surface area contributed by atoms with Crippen LogP contribution >= 0.6 is 31.9 Å². The van der Waals surface area contributed by atoms with Crippen molar-refractivity contribution in [2.24, 2.45) is 11.8 Å². The molecule has 5 nitrogen and oxygen atoms in total. The van der Waals surface area contributed by atoms with Gasteiger partial charge in [-0.15, -0.1) is 0 Å². The molecule has 7 heteroatoms. The zero-order valence-corrected chi connectivity index (χ0v) is 17.0. The summed E-state index contributed by atoms with van der Waals surface area (Å²) in [5.74, 6) is -1.26. The van der Waals surface area contributed by atoms with Crippen LogP contribution in [-0.2, 0) is 14.3 Å². The lowest BCUT2D eigenvalue weighted by Crippen LogP contribution is -2.34. The van der Waals surface area contributed by atoms with Gasteiger partial charge in [-0.2, -0.15) is 0 Å². The van der Waals surface area contributed by atoms with E-state index in [9.17, 15) is 14.4 Å². The molecule has 2 fully saturated rings. The molecule has 1 aromatic rings. The van der Waals surface area contributed by atoms with Gasteiger partial charge in [0.2, 0.25) is 11.8 Å². The molecule has 2 amide bonds. The Kier molecular flexibility index (Phi) is 5.63. The second-order valence-corrected chi connectivity index (χ2v) is 8.76. The Hall–Kier alpha value is -1.21. The van der Waals surface area contributed by atoms with Crippen molar-refractivity contribution in [2.45, 2.75) is 35.8 Å². The van der Waals surface area contributed by atoms with Gasteiger partial charge in [-0.3, -0.25) is 14.5 Å². The molecule has 2 aliphatic rings. The number of nitrogens with zero attached hydrogens (tertiary/aromatic N) is 1. The highest BCUT2D eigenvalue weighted by Crippen LogP contribution is 2.44. The fourth-order valence-electron chi connectivity index (χ4n) is 3.37. The molecule has 0 N–H and O–H groups in total. The van der Waals surface area contributed by atoms with E-state index in [1.54, 1.807) is 24.3 Å². The molecular weight excluding hydrogens is 454 g/mol. The molecule has 134 valence electrons. The second-order valence-electron chi connectivity index (χ2n) is 6.41. The Morgan fingerprint density at radius 3 is 2.08 bits per heavy atom. The maximum Gasteiger partial charge on any atom is 0.338 e. The van der Waals surface area contributed by atoms with Crippen LogP contribution in [0, 0.1) is 11.8 Å². The molecule has 1 aromatic carbocycles. The van der Waals surface area contributed by atoms with Crippen LogP contribution < -0.4 is 4.90 Å². The summed E-state index contributed by atoms with van der Waals surface area (Å²) < 4.78 is 5.09. The average Bonchev–Trinajstić information content (AvgIpc) is 2.84. The Labute approximate surface area is 163 Å². The van der Waals surface area contributed by atoms with Crippen LogP contribution in [0.3, 0.4) is 0 Å². The number of anilines is 1. The highest BCUT2D eigenvalue weighted by Gasteiger charge is 2.52. The predicted molar refractivity (Wildman–Crippen MR) is 101 cm³/mol. The third kappa shape index (κ3) is 3.53. The van der Waals surface area contributed by atoms with E-state index in [0.29, 0.717) is 30.7 Å². The Morgan fingerprint density at radius 1 is 1.08 bits per heavy atom. The van der Waals surface area contributed by atoms with Gasteiger partial charge in [0.1, 0.15) is 0 Å². The van der Waals surface area contributed by atoms with E-state index >= 15 is 0 Å². The average molecular weight is 473 g/mol. The SMILES string of the molecule is CCCOC(=O)c1ccc(N2C(=O)[C@@H]3C[C@H](Br)[C@@H](Br)C[C@H]3C2=O)cc1. The fraction of sp³-hybridized carbons (Fsp3) is 0.500. The summed E-state index contributed by atoms with van der Waals surface area (Å²) >= 11 is 7.16. The molecular formula is C18H19Br2NO4. The quantitative estimate of drug-likeness (QED) is 0.381. The standard InChI is InChI=1S/C18H19Br2NO4/c1-2-7-25-18(24)10-3-5-11(6-4-10)21-16(22)12-8-14(19)15(20)9-13(12)17(21)23/h3-6,12-15H,2,7-9H2,1H3/t12-,13-,14+,15+/m1/s1. The lowest BCUT2D eigenvalue weighted by molar-refractivity contribution is -0.122. The molecule has 25 heavy (non-hydrogen) atoms. The number of carbonyl (C=O) groups excluding carboxylic acids is 3. The normalized spacial score (nSPS) is 28.8. The lowest BCUT2D eigenvalue weighted by atomic mass is 9.81. The Morgan fingerprint density at radius 2 is 1.60 bits per heavy atom. The van der Waals surface area contributed by atoms with Crippen molar-refractivity contribution in [3.63, 3.8) is 0 Å². The molecule has 1 aliphatic heterocycles. The fourth-order valence-corrected chi connectivity index (χ4v) is 4.61. The van der Waals surface area contributed by atoms with Crippen molar-refractivity contribution in [2.75, 3.05) is 11.5 Å². The molecule has 0 aromatic heterocycles. The molecule has 0 spiro atoms. The van der Waals surface area contributed by atoms with E-state index in [0.717, 1.165) is 6.42 Å². The smallest absolute Gasteiger partial charge is 0.338 e. The van der Waals surface area contributed by atoms with Gasteiger partial charge >= 0.3 is 5.97 Å². The van der Waals surface area contributed by atoms with Crippen LogP contribution in [0.2, 0.25) is 0 Å². The van der Waals surface area contributed by atoms with Crippen molar-refractivity contribution in [3.8, 4) is 0 Å². The molecule has 0 bridgehead atoms. The van der Waals surface area contributed by atoms with Crippen LogP contribution in [0.1, 0.15) is 36.5 Å². The number of esters is 1. The molecule has 1 saturated heterocycles. The van der Waals surface area contributed by atoms with Crippen molar-refractivity contribution >= 4 is 55.3 Å². The van der Waals surface area contributed by atoms with Gasteiger partial charge in [0.25, 0.3) is 0 Å². The zero-order chi connectivity index (χ0) is 18.1. The molecule has 4 atom stereocenters. The number of hydrogen-bond acceptors (Lipinski definition) is 4. The summed E-state index contributed by atoms with van der Waals surface area (Å²) in [4.78, 5) is 39.0. The van der Waals surface area contributed by atoms with E-state index in [1.165, 1.54) is 4.90 Å². The van der Waals surface area contributed by atoms with Crippen molar-refractivity contribution in [3.05, 3.63) is 29.8 Å². The largest absolute Gasteiger partial charge is 0.462 e. The first-order chi connectivity index (χ1) is 11.9. The maximum absolute atomic E-state index is 12.7. The Balaban J connectivity index is 1.79. The van der Waals surface area contributed by atoms with E-state index in [2.05, 4.69) is 31.9 Å². The number of hydrogen-bond donors (Lipinski definition) is 0. The molecule has 3 rings (SSSR count). The number of imide groups is 1. The Bertz CT molecular complexity index is 663. The lowest BCUT2D eigenvalue weighted by Gasteiger charge is -2.29. The monoisotopic (exact) mass is 471 g/mol. The molecule has 0 radical (unpaired) electrons. The number of fused-ring (bicyclic) bond motifs is 1. The molecule has 1 heterocycles. The topological polar surface area (TPSA) is 63.7 Å². The van der Waals surface area contributed by atoms with Gasteiger partial charge in [-0.05, 0) is 43.5 Å². The number of benzene rings is 1. The summed E-state index contributed by atoms with van der Waals surface area (Å²) in [7, 11) is 0. The number of ether oxygens (including phenoxy) is 1. The van der Waals surface area contributed by atoms with Gasteiger partial charge < -0.3 is 4.74 Å².